The second kappa shape index (κ2) is 7.00. The zero-order chi connectivity index (χ0) is 19.5. The van der Waals surface area contributed by atoms with Gasteiger partial charge in [-0.1, -0.05) is 5.16 Å². The molecule has 0 aliphatic rings. The number of halogens is 3. The minimum absolute atomic E-state index is 0.297. The van der Waals surface area contributed by atoms with Gasteiger partial charge in [0, 0.05) is 17.7 Å². The largest absolute Gasteiger partial charge is 0.508 e. The van der Waals surface area contributed by atoms with Crippen molar-refractivity contribution in [2.75, 3.05) is 0 Å². The van der Waals surface area contributed by atoms with Crippen molar-refractivity contribution >= 4 is 21.5 Å². The van der Waals surface area contributed by atoms with E-state index in [1.807, 2.05) is 0 Å². The standard InChI is InChI=1S/C14H9F3N2O6S/c15-14(16,17)13(9-1-5-11(20)6-2-9)18-25-26(23,24)12-7-3-10(4-8-12)19(21)22/h1-8,20H. The Morgan fingerprint density at radius 3 is 2.08 bits per heavy atom. The highest BCUT2D eigenvalue weighted by atomic mass is 32.2. The van der Waals surface area contributed by atoms with E-state index in [1.54, 1.807) is 0 Å². The monoisotopic (exact) mass is 390 g/mol. The lowest BCUT2D eigenvalue weighted by atomic mass is 10.1. The molecule has 0 heterocycles. The summed E-state index contributed by atoms with van der Waals surface area (Å²) in [6, 6.07) is 6.98. The Morgan fingerprint density at radius 2 is 1.62 bits per heavy atom. The number of nitro groups is 1. The average Bonchev–Trinajstić information content (AvgIpc) is 2.55. The maximum absolute atomic E-state index is 13.1. The van der Waals surface area contributed by atoms with Crippen molar-refractivity contribution in [2.24, 2.45) is 5.16 Å². The zero-order valence-electron chi connectivity index (χ0n) is 12.5. The van der Waals surface area contributed by atoms with Gasteiger partial charge >= 0.3 is 16.3 Å². The van der Waals surface area contributed by atoms with Crippen molar-refractivity contribution in [1.29, 1.82) is 0 Å². The Balaban J connectivity index is 2.35. The van der Waals surface area contributed by atoms with Crippen LogP contribution in [0.25, 0.3) is 0 Å². The summed E-state index contributed by atoms with van der Waals surface area (Å²) in [6.45, 7) is 0. The summed E-state index contributed by atoms with van der Waals surface area (Å²) < 4.78 is 67.2. The molecule has 0 fully saturated rings. The minimum Gasteiger partial charge on any atom is -0.508 e. The van der Waals surface area contributed by atoms with Crippen LogP contribution in [0, 0.1) is 10.1 Å². The van der Waals surface area contributed by atoms with Gasteiger partial charge in [-0.05, 0) is 36.4 Å². The van der Waals surface area contributed by atoms with Crippen LogP contribution in [0.5, 0.6) is 5.75 Å². The van der Waals surface area contributed by atoms with Crippen LogP contribution in [0.2, 0.25) is 0 Å². The van der Waals surface area contributed by atoms with Gasteiger partial charge in [-0.3, -0.25) is 14.4 Å². The van der Waals surface area contributed by atoms with Crippen LogP contribution in [0.15, 0.2) is 58.6 Å². The molecule has 0 saturated carbocycles. The summed E-state index contributed by atoms with van der Waals surface area (Å²) in [4.78, 5) is 9.14. The van der Waals surface area contributed by atoms with Crippen molar-refractivity contribution in [3.63, 3.8) is 0 Å². The highest BCUT2D eigenvalue weighted by molar-refractivity contribution is 7.86. The van der Waals surface area contributed by atoms with Gasteiger partial charge in [0.25, 0.3) is 5.69 Å². The molecule has 0 unspecified atom stereocenters. The molecule has 0 aliphatic heterocycles. The number of nitro benzene ring substituents is 1. The first kappa shape index (κ1) is 19.2. The third-order valence-electron chi connectivity index (χ3n) is 2.97. The summed E-state index contributed by atoms with van der Waals surface area (Å²) in [5, 5.41) is 22.3. The predicted octanol–water partition coefficient (Wildman–Crippen LogP) is 2.97. The van der Waals surface area contributed by atoms with E-state index in [4.69, 9.17) is 5.11 Å². The van der Waals surface area contributed by atoms with E-state index in [-0.39, 0.29) is 5.75 Å². The van der Waals surface area contributed by atoms with Gasteiger partial charge < -0.3 is 5.11 Å². The SMILES string of the molecule is O=[N+]([O-])c1ccc(S(=O)(=O)ON=C(c2ccc(O)cc2)C(F)(F)F)cc1. The van der Waals surface area contributed by atoms with Crippen molar-refractivity contribution < 1.29 is 35.9 Å². The number of phenolic OH excluding ortho intramolecular Hbond substituents is 1. The molecular formula is C14H9F3N2O6S. The quantitative estimate of drug-likeness (QED) is 0.476. The third-order valence-corrected chi connectivity index (χ3v) is 4.09. The molecule has 12 heteroatoms. The molecule has 1 N–H and O–H groups in total. The number of benzene rings is 2. The molecule has 0 aliphatic carbocycles. The van der Waals surface area contributed by atoms with E-state index in [2.05, 4.69) is 9.44 Å². The predicted molar refractivity (Wildman–Crippen MR) is 82.1 cm³/mol. The second-order valence-corrected chi connectivity index (χ2v) is 6.29. The van der Waals surface area contributed by atoms with E-state index < -0.39 is 43.1 Å². The fourth-order valence-electron chi connectivity index (χ4n) is 1.75. The summed E-state index contributed by atoms with van der Waals surface area (Å²) in [5.74, 6) is -0.297. The number of oxime groups is 1. The first-order valence-corrected chi connectivity index (χ1v) is 8.04. The Labute approximate surface area is 144 Å². The maximum atomic E-state index is 13.1. The number of nitrogens with zero attached hydrogens (tertiary/aromatic N) is 2. The van der Waals surface area contributed by atoms with Crippen molar-refractivity contribution in [3.05, 3.63) is 64.2 Å². The molecule has 0 radical (unpaired) electrons. The van der Waals surface area contributed by atoms with E-state index in [1.165, 1.54) is 0 Å². The number of hydrogen-bond acceptors (Lipinski definition) is 7. The van der Waals surface area contributed by atoms with E-state index >= 15 is 0 Å². The van der Waals surface area contributed by atoms with Gasteiger partial charge in [0.1, 0.15) is 10.6 Å². The normalized spacial score (nSPS) is 12.7. The first-order valence-electron chi connectivity index (χ1n) is 6.63. The number of rotatable bonds is 5. The van der Waals surface area contributed by atoms with Crippen LogP contribution < -0.4 is 0 Å². The number of phenols is 1. The topological polar surface area (TPSA) is 119 Å². The molecular weight excluding hydrogens is 381 g/mol. The Hall–Kier alpha value is -3.15. The first-order chi connectivity index (χ1) is 12.0. The molecule has 2 aromatic rings. The van der Waals surface area contributed by atoms with Gasteiger partial charge in [0.05, 0.1) is 4.92 Å². The minimum atomic E-state index is -5.04. The molecule has 0 amide bonds. The molecule has 0 spiro atoms. The lowest BCUT2D eigenvalue weighted by Crippen LogP contribution is -2.25. The molecule has 2 rings (SSSR count). The van der Waals surface area contributed by atoms with E-state index in [9.17, 15) is 31.7 Å². The second-order valence-electron chi connectivity index (χ2n) is 4.76. The van der Waals surface area contributed by atoms with Crippen LogP contribution in [-0.2, 0) is 14.4 Å². The average molecular weight is 390 g/mol. The molecule has 0 atom stereocenters. The molecule has 26 heavy (non-hydrogen) atoms. The van der Waals surface area contributed by atoms with Crippen LogP contribution in [0.4, 0.5) is 18.9 Å². The molecule has 8 nitrogen and oxygen atoms in total. The molecule has 0 bridgehead atoms. The van der Waals surface area contributed by atoms with Gasteiger partial charge in [0.2, 0.25) is 0 Å². The smallest absolute Gasteiger partial charge is 0.437 e. The highest BCUT2D eigenvalue weighted by Gasteiger charge is 2.38. The fourth-order valence-corrected chi connectivity index (χ4v) is 2.48. The number of hydrogen-bond donors (Lipinski definition) is 1. The summed E-state index contributed by atoms with van der Waals surface area (Å²) in [5.41, 5.74) is -2.58. The summed E-state index contributed by atoms with van der Waals surface area (Å²) in [7, 11) is -4.73. The van der Waals surface area contributed by atoms with Gasteiger partial charge in [-0.25, -0.2) is 0 Å². The molecule has 0 aromatic heterocycles. The Bertz CT molecular complexity index is 938. The highest BCUT2D eigenvalue weighted by Crippen LogP contribution is 2.25. The van der Waals surface area contributed by atoms with Crippen molar-refractivity contribution in [2.45, 2.75) is 11.1 Å². The van der Waals surface area contributed by atoms with Crippen LogP contribution in [0.3, 0.4) is 0 Å². The van der Waals surface area contributed by atoms with Crippen LogP contribution in [0.1, 0.15) is 5.56 Å². The van der Waals surface area contributed by atoms with E-state index in [0.29, 0.717) is 0 Å². The van der Waals surface area contributed by atoms with E-state index in [0.717, 1.165) is 48.5 Å². The molecule has 0 saturated heterocycles. The number of non-ortho nitro benzene ring substituents is 1. The van der Waals surface area contributed by atoms with Gasteiger partial charge in [-0.2, -0.15) is 21.6 Å². The lowest BCUT2D eigenvalue weighted by Gasteiger charge is -2.10. The third kappa shape index (κ3) is 4.47. The Kier molecular flexibility index (Phi) is 5.16. The van der Waals surface area contributed by atoms with Crippen LogP contribution >= 0.6 is 0 Å². The molecule has 2 aromatic carbocycles. The fraction of sp³-hybridized carbons (Fsp3) is 0.0714. The lowest BCUT2D eigenvalue weighted by molar-refractivity contribution is -0.384. The zero-order valence-corrected chi connectivity index (χ0v) is 13.4. The number of aromatic hydroxyl groups is 1. The maximum Gasteiger partial charge on any atom is 0.437 e. The Morgan fingerprint density at radius 1 is 1.08 bits per heavy atom. The van der Waals surface area contributed by atoms with Crippen molar-refractivity contribution in [1.82, 2.24) is 0 Å². The van der Waals surface area contributed by atoms with Gasteiger partial charge in [-0.15, -0.1) is 0 Å². The summed E-state index contributed by atoms with van der Waals surface area (Å²) in [6.07, 6.45) is -5.04. The molecule has 138 valence electrons. The van der Waals surface area contributed by atoms with Gasteiger partial charge in [0.15, 0.2) is 5.71 Å². The van der Waals surface area contributed by atoms with Crippen molar-refractivity contribution in [3.8, 4) is 5.75 Å². The summed E-state index contributed by atoms with van der Waals surface area (Å²) >= 11 is 0. The number of alkyl halides is 3. The van der Waals surface area contributed by atoms with Crippen LogP contribution in [-0.4, -0.2) is 30.3 Å².